The number of hydrogen-bond acceptors (Lipinski definition) is 1. The molecule has 0 aliphatic rings. The number of para-hydroxylation sites is 1. The lowest BCUT2D eigenvalue weighted by atomic mass is 9.86. The minimum atomic E-state index is 0.157. The van der Waals surface area contributed by atoms with Crippen LogP contribution < -0.4 is 0 Å². The largest absolute Gasteiger partial charge is 0.309 e. The Bertz CT molecular complexity index is 2260. The normalized spacial score (nSPS) is 12.2. The first kappa shape index (κ1) is 25.1. The molecule has 2 heteroatoms. The topological polar surface area (TPSA) is 4.93 Å². The lowest BCUT2D eigenvalue weighted by Gasteiger charge is -2.19. The van der Waals surface area contributed by atoms with Crippen molar-refractivity contribution in [1.82, 2.24) is 4.57 Å². The zero-order chi connectivity index (χ0) is 28.4. The van der Waals surface area contributed by atoms with Gasteiger partial charge >= 0.3 is 0 Å². The highest BCUT2D eigenvalue weighted by atomic mass is 32.1. The van der Waals surface area contributed by atoms with Gasteiger partial charge in [-0.1, -0.05) is 112 Å². The second-order valence-corrected chi connectivity index (χ2v) is 13.4. The van der Waals surface area contributed by atoms with Gasteiger partial charge in [0.25, 0.3) is 0 Å². The van der Waals surface area contributed by atoms with Gasteiger partial charge in [-0.25, -0.2) is 0 Å². The van der Waals surface area contributed by atoms with Crippen LogP contribution >= 0.6 is 11.3 Å². The van der Waals surface area contributed by atoms with Crippen LogP contribution in [0.25, 0.3) is 69.9 Å². The summed E-state index contributed by atoms with van der Waals surface area (Å²) in [5, 5.41) is 5.24. The number of benzene rings is 6. The molecule has 0 bridgehead atoms. The van der Waals surface area contributed by atoms with Gasteiger partial charge in [0.2, 0.25) is 0 Å². The third-order valence-corrected chi connectivity index (χ3v) is 9.73. The third-order valence-electron chi connectivity index (χ3n) is 8.59. The van der Waals surface area contributed by atoms with Gasteiger partial charge in [0.05, 0.1) is 11.0 Å². The molecule has 0 atom stereocenters. The van der Waals surface area contributed by atoms with E-state index in [1.807, 2.05) is 11.3 Å². The highest BCUT2D eigenvalue weighted by molar-refractivity contribution is 7.25. The van der Waals surface area contributed by atoms with Crippen molar-refractivity contribution in [3.05, 3.63) is 139 Å². The van der Waals surface area contributed by atoms with Gasteiger partial charge in [0, 0.05) is 36.6 Å². The van der Waals surface area contributed by atoms with Gasteiger partial charge in [-0.2, -0.15) is 0 Å². The van der Waals surface area contributed by atoms with Gasteiger partial charge in [0.1, 0.15) is 0 Å². The Morgan fingerprint density at radius 2 is 1.02 bits per heavy atom. The Kier molecular flexibility index (Phi) is 5.64. The number of thiophene rings is 1. The lowest BCUT2D eigenvalue weighted by molar-refractivity contribution is 0.590. The van der Waals surface area contributed by atoms with Gasteiger partial charge in [-0.3, -0.25) is 0 Å². The van der Waals surface area contributed by atoms with Crippen LogP contribution in [0.2, 0.25) is 0 Å². The van der Waals surface area contributed by atoms with Crippen molar-refractivity contribution in [2.24, 2.45) is 0 Å². The Hall–Kier alpha value is -4.66. The summed E-state index contributed by atoms with van der Waals surface area (Å²) in [5.41, 5.74) is 10.1. The van der Waals surface area contributed by atoms with Crippen LogP contribution in [-0.2, 0) is 5.41 Å². The molecule has 0 saturated heterocycles. The highest BCUT2D eigenvalue weighted by Crippen LogP contribution is 2.39. The first-order chi connectivity index (χ1) is 20.4. The molecule has 0 aliphatic heterocycles. The predicted molar refractivity (Wildman–Crippen MR) is 183 cm³/mol. The molecular weight excluding hydrogens is 527 g/mol. The van der Waals surface area contributed by atoms with E-state index < -0.39 is 0 Å². The number of rotatable bonds is 3. The van der Waals surface area contributed by atoms with Crippen LogP contribution in [0.4, 0.5) is 0 Å². The van der Waals surface area contributed by atoms with Crippen LogP contribution in [0.1, 0.15) is 26.3 Å². The Labute approximate surface area is 250 Å². The standard InChI is InChI=1S/C40H31NS/c1-40(2,3)30-18-12-26(13-19-30)27-14-20-31(21-15-27)41-36-10-6-4-8-32(36)35-24-28(17-23-37(35)41)29-16-22-34-33-9-5-7-11-38(33)42-39(34)25-29/h4-25H,1-3H3. The van der Waals surface area contributed by atoms with E-state index in [-0.39, 0.29) is 5.41 Å². The molecule has 42 heavy (non-hydrogen) atoms. The fourth-order valence-corrected chi connectivity index (χ4v) is 7.45. The number of hydrogen-bond donors (Lipinski definition) is 0. The summed E-state index contributed by atoms with van der Waals surface area (Å²) in [4.78, 5) is 0. The molecule has 202 valence electrons. The van der Waals surface area contributed by atoms with E-state index >= 15 is 0 Å². The molecule has 2 heterocycles. The summed E-state index contributed by atoms with van der Waals surface area (Å²) in [7, 11) is 0. The summed E-state index contributed by atoms with van der Waals surface area (Å²) < 4.78 is 5.08. The summed E-state index contributed by atoms with van der Waals surface area (Å²) in [6, 6.07) is 49.3. The minimum absolute atomic E-state index is 0.157. The molecule has 0 fully saturated rings. The maximum atomic E-state index is 2.40. The molecule has 8 rings (SSSR count). The van der Waals surface area contributed by atoms with Crippen molar-refractivity contribution in [1.29, 1.82) is 0 Å². The number of nitrogens with zero attached hydrogens (tertiary/aromatic N) is 1. The molecule has 0 unspecified atom stereocenters. The molecule has 0 saturated carbocycles. The van der Waals surface area contributed by atoms with Crippen molar-refractivity contribution in [3.8, 4) is 27.9 Å². The van der Waals surface area contributed by atoms with Crippen LogP contribution in [0.5, 0.6) is 0 Å². The van der Waals surface area contributed by atoms with Crippen molar-refractivity contribution in [3.63, 3.8) is 0 Å². The SMILES string of the molecule is CC(C)(C)c1ccc(-c2ccc(-n3c4ccccc4c4cc(-c5ccc6c(c5)sc5ccccc56)ccc43)cc2)cc1. The van der Waals surface area contributed by atoms with Crippen LogP contribution in [0.3, 0.4) is 0 Å². The lowest BCUT2D eigenvalue weighted by Crippen LogP contribution is -2.10. The second-order valence-electron chi connectivity index (χ2n) is 12.3. The quantitative estimate of drug-likeness (QED) is 0.204. The number of aromatic nitrogens is 1. The van der Waals surface area contributed by atoms with E-state index in [0.29, 0.717) is 0 Å². The van der Waals surface area contributed by atoms with Gasteiger partial charge in [-0.15, -0.1) is 11.3 Å². The molecule has 1 nitrogen and oxygen atoms in total. The Balaban J connectivity index is 1.21. The Morgan fingerprint density at radius 3 is 1.79 bits per heavy atom. The van der Waals surface area contributed by atoms with E-state index in [0.717, 1.165) is 0 Å². The van der Waals surface area contributed by atoms with Crippen LogP contribution in [0, 0.1) is 0 Å². The zero-order valence-corrected chi connectivity index (χ0v) is 24.9. The maximum absolute atomic E-state index is 2.40. The van der Waals surface area contributed by atoms with Crippen molar-refractivity contribution >= 4 is 53.3 Å². The molecular formula is C40H31NS. The number of fused-ring (bicyclic) bond motifs is 6. The Morgan fingerprint density at radius 1 is 0.452 bits per heavy atom. The van der Waals surface area contributed by atoms with Crippen molar-refractivity contribution in [2.75, 3.05) is 0 Å². The van der Waals surface area contributed by atoms with Crippen molar-refractivity contribution < 1.29 is 0 Å². The van der Waals surface area contributed by atoms with Gasteiger partial charge < -0.3 is 4.57 Å². The van der Waals surface area contributed by atoms with Gasteiger partial charge in [-0.05, 0) is 75.7 Å². The first-order valence-electron chi connectivity index (χ1n) is 14.6. The third kappa shape index (κ3) is 4.06. The molecule has 8 aromatic rings. The highest BCUT2D eigenvalue weighted by Gasteiger charge is 2.15. The second kappa shape index (κ2) is 9.44. The zero-order valence-electron chi connectivity index (χ0n) is 24.1. The summed E-state index contributed by atoms with van der Waals surface area (Å²) in [6.45, 7) is 6.78. The van der Waals surface area contributed by atoms with E-state index in [4.69, 9.17) is 0 Å². The molecule has 2 aromatic heterocycles. The average Bonchev–Trinajstić information content (AvgIpc) is 3.56. The molecule has 0 N–H and O–H groups in total. The van der Waals surface area contributed by atoms with E-state index in [1.165, 1.54) is 75.5 Å². The average molecular weight is 558 g/mol. The first-order valence-corrected chi connectivity index (χ1v) is 15.4. The summed E-state index contributed by atoms with van der Waals surface area (Å²) >= 11 is 1.87. The molecule has 0 amide bonds. The molecule has 0 aliphatic carbocycles. The van der Waals surface area contributed by atoms with E-state index in [2.05, 4.69) is 159 Å². The fraction of sp³-hybridized carbons (Fsp3) is 0.100. The molecule has 0 radical (unpaired) electrons. The summed E-state index contributed by atoms with van der Waals surface area (Å²) in [6.07, 6.45) is 0. The van der Waals surface area contributed by atoms with Crippen LogP contribution in [-0.4, -0.2) is 4.57 Å². The minimum Gasteiger partial charge on any atom is -0.309 e. The summed E-state index contributed by atoms with van der Waals surface area (Å²) in [5.74, 6) is 0. The molecule has 6 aromatic carbocycles. The van der Waals surface area contributed by atoms with E-state index in [1.54, 1.807) is 0 Å². The fourth-order valence-electron chi connectivity index (χ4n) is 6.30. The van der Waals surface area contributed by atoms with Crippen molar-refractivity contribution in [2.45, 2.75) is 26.2 Å². The van der Waals surface area contributed by atoms with Crippen LogP contribution in [0.15, 0.2) is 133 Å². The van der Waals surface area contributed by atoms with Gasteiger partial charge in [0.15, 0.2) is 0 Å². The predicted octanol–water partition coefficient (Wildman–Crippen LogP) is 11.8. The van der Waals surface area contributed by atoms with E-state index in [9.17, 15) is 0 Å². The monoisotopic (exact) mass is 557 g/mol. The molecule has 0 spiro atoms. The smallest absolute Gasteiger partial charge is 0.0541 e. The maximum Gasteiger partial charge on any atom is 0.0541 e.